The molecule has 2 aliphatic rings. The number of amides is 1. The Morgan fingerprint density at radius 3 is 2.38 bits per heavy atom. The van der Waals surface area contributed by atoms with E-state index in [4.69, 9.17) is 4.74 Å². The fourth-order valence-corrected chi connectivity index (χ4v) is 3.42. The van der Waals surface area contributed by atoms with Crippen LogP contribution in [0, 0.1) is 11.8 Å². The molecule has 1 heterocycles. The van der Waals surface area contributed by atoms with Crippen molar-refractivity contribution in [1.82, 2.24) is 9.80 Å². The second-order valence-corrected chi connectivity index (χ2v) is 6.32. The number of rotatable bonds is 5. The van der Waals surface area contributed by atoms with Gasteiger partial charge in [0.25, 0.3) is 0 Å². The Morgan fingerprint density at radius 1 is 1.14 bits per heavy atom. The first kappa shape index (κ1) is 16.4. The Labute approximate surface area is 127 Å². The molecule has 2 atom stereocenters. The Hall–Kier alpha value is -0.940. The molecule has 0 bridgehead atoms. The molecule has 2 fully saturated rings. The average Bonchev–Trinajstić information content (AvgIpc) is 2.52. The van der Waals surface area contributed by atoms with E-state index in [-0.39, 0.29) is 23.5 Å². The zero-order valence-electron chi connectivity index (χ0n) is 13.3. The van der Waals surface area contributed by atoms with Gasteiger partial charge in [0.05, 0.1) is 13.2 Å². The lowest BCUT2D eigenvalue weighted by Gasteiger charge is -2.33. The van der Waals surface area contributed by atoms with Gasteiger partial charge in [0.2, 0.25) is 5.91 Å². The van der Waals surface area contributed by atoms with Crippen LogP contribution in [-0.4, -0.2) is 67.9 Å². The summed E-state index contributed by atoms with van der Waals surface area (Å²) >= 11 is 0. The number of morpholine rings is 1. The molecule has 0 aromatic heterocycles. The smallest absolute Gasteiger partial charge is 0.226 e. The van der Waals surface area contributed by atoms with Gasteiger partial charge < -0.3 is 9.64 Å². The van der Waals surface area contributed by atoms with Crippen molar-refractivity contribution >= 4 is 11.7 Å². The summed E-state index contributed by atoms with van der Waals surface area (Å²) in [5.74, 6) is 0.181. The van der Waals surface area contributed by atoms with E-state index in [2.05, 4.69) is 4.90 Å². The highest BCUT2D eigenvalue weighted by Crippen LogP contribution is 2.31. The number of Topliss-reactive ketones (excluding diaryl/α,β-unsaturated/α-hetero) is 1. The second kappa shape index (κ2) is 7.90. The minimum atomic E-state index is -0.0917. The number of nitrogens with zero attached hydrogens (tertiary/aromatic N) is 2. The molecule has 5 heteroatoms. The van der Waals surface area contributed by atoms with E-state index in [0.717, 1.165) is 65.1 Å². The largest absolute Gasteiger partial charge is 0.379 e. The third kappa shape index (κ3) is 4.51. The van der Waals surface area contributed by atoms with Crippen molar-refractivity contribution in [3.8, 4) is 0 Å². The molecule has 1 amide bonds. The van der Waals surface area contributed by atoms with E-state index in [1.165, 1.54) is 0 Å². The van der Waals surface area contributed by atoms with Crippen molar-refractivity contribution in [3.05, 3.63) is 0 Å². The molecule has 0 radical (unpaired) electrons. The number of ether oxygens (including phenoxy) is 1. The van der Waals surface area contributed by atoms with Crippen LogP contribution in [0.25, 0.3) is 0 Å². The number of carbonyl (C=O) groups is 2. The molecule has 0 spiro atoms. The van der Waals surface area contributed by atoms with Crippen LogP contribution in [0.1, 0.15) is 32.6 Å². The topological polar surface area (TPSA) is 49.9 Å². The summed E-state index contributed by atoms with van der Waals surface area (Å²) in [7, 11) is 1.87. The molecule has 21 heavy (non-hydrogen) atoms. The van der Waals surface area contributed by atoms with Gasteiger partial charge in [0.1, 0.15) is 5.78 Å². The maximum atomic E-state index is 12.6. The summed E-state index contributed by atoms with van der Waals surface area (Å²) in [6, 6.07) is 0. The molecular formula is C16H28N2O3. The summed E-state index contributed by atoms with van der Waals surface area (Å²) in [6.45, 7) is 6.72. The van der Waals surface area contributed by atoms with Crippen molar-refractivity contribution in [2.75, 3.05) is 46.4 Å². The van der Waals surface area contributed by atoms with Crippen LogP contribution in [0.4, 0.5) is 0 Å². The van der Waals surface area contributed by atoms with Crippen molar-refractivity contribution in [2.45, 2.75) is 32.6 Å². The highest BCUT2D eigenvalue weighted by atomic mass is 16.5. The van der Waals surface area contributed by atoms with Gasteiger partial charge in [-0.1, -0.05) is 12.8 Å². The lowest BCUT2D eigenvalue weighted by atomic mass is 9.76. The average molecular weight is 296 g/mol. The number of likely N-dealkylation sites (N-methyl/N-ethyl adjacent to an activating group) is 1. The van der Waals surface area contributed by atoms with Crippen LogP contribution in [0.3, 0.4) is 0 Å². The monoisotopic (exact) mass is 296 g/mol. The molecule has 0 N–H and O–H groups in total. The second-order valence-electron chi connectivity index (χ2n) is 6.32. The Balaban J connectivity index is 1.83. The van der Waals surface area contributed by atoms with E-state index >= 15 is 0 Å². The van der Waals surface area contributed by atoms with E-state index in [0.29, 0.717) is 0 Å². The fourth-order valence-electron chi connectivity index (χ4n) is 3.42. The van der Waals surface area contributed by atoms with Crippen LogP contribution in [-0.2, 0) is 14.3 Å². The predicted octanol–water partition coefficient (Wildman–Crippen LogP) is 1.17. The van der Waals surface area contributed by atoms with Gasteiger partial charge in [-0.25, -0.2) is 0 Å². The van der Waals surface area contributed by atoms with Gasteiger partial charge in [-0.2, -0.15) is 0 Å². The number of ketones is 1. The lowest BCUT2D eigenvalue weighted by molar-refractivity contribution is -0.141. The minimum absolute atomic E-state index is 0.0583. The third-order valence-electron chi connectivity index (χ3n) is 4.84. The Bertz CT molecular complexity index is 367. The standard InChI is InChI=1S/C16H28N2O3/c1-13(19)14-5-3-4-6-15(14)16(20)17(2)7-8-18-9-11-21-12-10-18/h14-15H,3-12H2,1-2H3/t14-,15-/m1/s1. The number of carbonyl (C=O) groups excluding carboxylic acids is 2. The quantitative estimate of drug-likeness (QED) is 0.764. The van der Waals surface area contributed by atoms with E-state index in [1.807, 2.05) is 11.9 Å². The van der Waals surface area contributed by atoms with Gasteiger partial charge in [-0.3, -0.25) is 14.5 Å². The summed E-state index contributed by atoms with van der Waals surface area (Å²) in [4.78, 5) is 28.5. The molecule has 2 rings (SSSR count). The Morgan fingerprint density at radius 2 is 1.76 bits per heavy atom. The fraction of sp³-hybridized carbons (Fsp3) is 0.875. The van der Waals surface area contributed by atoms with Crippen LogP contribution in [0.15, 0.2) is 0 Å². The molecule has 5 nitrogen and oxygen atoms in total. The zero-order chi connectivity index (χ0) is 15.2. The minimum Gasteiger partial charge on any atom is -0.379 e. The summed E-state index contributed by atoms with van der Waals surface area (Å²) < 4.78 is 5.33. The third-order valence-corrected chi connectivity index (χ3v) is 4.84. The van der Waals surface area contributed by atoms with E-state index in [1.54, 1.807) is 6.92 Å². The molecule has 1 saturated carbocycles. The van der Waals surface area contributed by atoms with Gasteiger partial charge in [0.15, 0.2) is 0 Å². The highest BCUT2D eigenvalue weighted by molar-refractivity contribution is 5.87. The van der Waals surface area contributed by atoms with Crippen LogP contribution in [0.5, 0.6) is 0 Å². The number of hydrogen-bond donors (Lipinski definition) is 0. The normalized spacial score (nSPS) is 27.3. The van der Waals surface area contributed by atoms with Gasteiger partial charge in [-0.15, -0.1) is 0 Å². The lowest BCUT2D eigenvalue weighted by Crippen LogP contribution is -2.45. The molecule has 0 aromatic carbocycles. The number of hydrogen-bond acceptors (Lipinski definition) is 4. The SMILES string of the molecule is CC(=O)[C@H]1CCCC[C@H]1C(=O)N(C)CCN1CCOCC1. The highest BCUT2D eigenvalue weighted by Gasteiger charge is 2.35. The van der Waals surface area contributed by atoms with Gasteiger partial charge >= 0.3 is 0 Å². The van der Waals surface area contributed by atoms with Gasteiger partial charge in [0, 0.05) is 45.1 Å². The molecule has 1 aliphatic heterocycles. The van der Waals surface area contributed by atoms with Crippen molar-refractivity contribution in [3.63, 3.8) is 0 Å². The summed E-state index contributed by atoms with van der Waals surface area (Å²) in [5, 5.41) is 0. The molecule has 0 unspecified atom stereocenters. The van der Waals surface area contributed by atoms with Crippen LogP contribution < -0.4 is 0 Å². The van der Waals surface area contributed by atoms with Crippen molar-refractivity contribution in [1.29, 1.82) is 0 Å². The first-order valence-corrected chi connectivity index (χ1v) is 8.15. The molecule has 120 valence electrons. The molecule has 1 saturated heterocycles. The maximum absolute atomic E-state index is 12.6. The van der Waals surface area contributed by atoms with Gasteiger partial charge in [-0.05, 0) is 19.8 Å². The molecular weight excluding hydrogens is 268 g/mol. The van der Waals surface area contributed by atoms with Crippen molar-refractivity contribution < 1.29 is 14.3 Å². The predicted molar refractivity (Wildman–Crippen MR) is 81.0 cm³/mol. The van der Waals surface area contributed by atoms with E-state index in [9.17, 15) is 9.59 Å². The van der Waals surface area contributed by atoms with Crippen LogP contribution >= 0.6 is 0 Å². The van der Waals surface area contributed by atoms with E-state index < -0.39 is 0 Å². The summed E-state index contributed by atoms with van der Waals surface area (Å²) in [6.07, 6.45) is 3.89. The summed E-state index contributed by atoms with van der Waals surface area (Å²) in [5.41, 5.74) is 0. The van der Waals surface area contributed by atoms with Crippen LogP contribution in [0.2, 0.25) is 0 Å². The molecule has 0 aromatic rings. The van der Waals surface area contributed by atoms with Crippen molar-refractivity contribution in [2.24, 2.45) is 11.8 Å². The first-order valence-electron chi connectivity index (χ1n) is 8.15. The zero-order valence-corrected chi connectivity index (χ0v) is 13.3. The first-order chi connectivity index (χ1) is 10.1. The Kier molecular flexibility index (Phi) is 6.18. The molecule has 1 aliphatic carbocycles. The maximum Gasteiger partial charge on any atom is 0.226 e.